The van der Waals surface area contributed by atoms with Crippen molar-refractivity contribution in [3.05, 3.63) is 0 Å². The Kier molecular flexibility index (Phi) is 1.64. The fraction of sp³-hybridized carbons (Fsp3) is 1.00. The van der Waals surface area contributed by atoms with Gasteiger partial charge in [-0.15, -0.1) is 0 Å². The van der Waals surface area contributed by atoms with Crippen LogP contribution in [0.5, 0.6) is 0 Å². The average Bonchev–Trinajstić information content (AvgIpc) is 1.58. The first-order chi connectivity index (χ1) is 4.52. The van der Waals surface area contributed by atoms with Gasteiger partial charge in [0, 0.05) is 0 Å². The Morgan fingerprint density at radius 1 is 1.30 bits per heavy atom. The summed E-state index contributed by atoms with van der Waals surface area (Å²) in [6, 6.07) is 0. The van der Waals surface area contributed by atoms with E-state index in [9.17, 15) is 13.2 Å². The van der Waals surface area contributed by atoms with E-state index < -0.39 is 11.7 Å². The Hall–Kier alpha value is -0.290. The van der Waals surface area contributed by atoms with Gasteiger partial charge in [0.25, 0.3) is 0 Å². The molecule has 0 spiro atoms. The lowest BCUT2D eigenvalue weighted by Crippen LogP contribution is -2.63. The Morgan fingerprint density at radius 3 is 1.80 bits per heavy atom. The van der Waals surface area contributed by atoms with Gasteiger partial charge in [0.1, 0.15) is 5.54 Å². The minimum Gasteiger partial charge on any atom is -0.271 e. The molecule has 0 aromatic rings. The van der Waals surface area contributed by atoms with E-state index in [1.54, 1.807) is 0 Å². The van der Waals surface area contributed by atoms with E-state index in [1.165, 1.54) is 0 Å². The quantitative estimate of drug-likeness (QED) is 0.435. The third kappa shape index (κ3) is 0.894. The topological polar surface area (TPSA) is 38.0 Å². The number of hydrogen-bond acceptors (Lipinski definition) is 2. The summed E-state index contributed by atoms with van der Waals surface area (Å²) in [5.41, 5.74) is 0.0590. The van der Waals surface area contributed by atoms with Crippen LogP contribution in [0.25, 0.3) is 0 Å². The molecule has 0 heterocycles. The van der Waals surface area contributed by atoms with Gasteiger partial charge in [-0.1, -0.05) is 0 Å². The molecule has 10 heavy (non-hydrogen) atoms. The van der Waals surface area contributed by atoms with Crippen LogP contribution in [-0.4, -0.2) is 11.7 Å². The highest BCUT2D eigenvalue weighted by molar-refractivity contribution is 5.00. The molecule has 1 aliphatic carbocycles. The van der Waals surface area contributed by atoms with Crippen LogP contribution >= 0.6 is 0 Å². The van der Waals surface area contributed by atoms with Crippen molar-refractivity contribution in [1.82, 2.24) is 5.43 Å². The standard InChI is InChI=1S/C5H9F3N2/c6-5(7,8)4(10-9)2-1-3-4/h10H,1-3,9H2. The minimum atomic E-state index is -4.19. The molecule has 0 saturated heterocycles. The lowest BCUT2D eigenvalue weighted by Gasteiger charge is -2.42. The Morgan fingerprint density at radius 2 is 1.80 bits per heavy atom. The van der Waals surface area contributed by atoms with Gasteiger partial charge in [-0.05, 0) is 19.3 Å². The first-order valence-electron chi connectivity index (χ1n) is 3.06. The molecule has 0 aromatic carbocycles. The van der Waals surface area contributed by atoms with Crippen molar-refractivity contribution >= 4 is 0 Å². The minimum absolute atomic E-state index is 0.104. The van der Waals surface area contributed by atoms with Gasteiger partial charge < -0.3 is 0 Å². The van der Waals surface area contributed by atoms with Crippen molar-refractivity contribution < 1.29 is 13.2 Å². The van der Waals surface area contributed by atoms with Crippen molar-refractivity contribution in [2.45, 2.75) is 31.0 Å². The maximum Gasteiger partial charge on any atom is 0.407 e. The van der Waals surface area contributed by atoms with E-state index in [0.717, 1.165) is 0 Å². The second-order valence-corrected chi connectivity index (χ2v) is 2.58. The second kappa shape index (κ2) is 2.10. The fourth-order valence-corrected chi connectivity index (χ4v) is 1.04. The lowest BCUT2D eigenvalue weighted by molar-refractivity contribution is -0.219. The molecular weight excluding hydrogens is 145 g/mol. The van der Waals surface area contributed by atoms with Gasteiger partial charge in [0.05, 0.1) is 0 Å². The zero-order chi connectivity index (χ0) is 7.83. The Bertz CT molecular complexity index is 122. The highest BCUT2D eigenvalue weighted by Gasteiger charge is 2.57. The maximum absolute atomic E-state index is 12.0. The van der Waals surface area contributed by atoms with Gasteiger partial charge in [-0.3, -0.25) is 5.84 Å². The summed E-state index contributed by atoms with van der Waals surface area (Å²) in [7, 11) is 0. The van der Waals surface area contributed by atoms with Crippen molar-refractivity contribution in [2.24, 2.45) is 5.84 Å². The Labute approximate surface area is 56.5 Å². The smallest absolute Gasteiger partial charge is 0.271 e. The number of hydrogen-bond donors (Lipinski definition) is 2. The number of halogens is 3. The molecule has 0 amide bonds. The van der Waals surface area contributed by atoms with Crippen molar-refractivity contribution in [3.8, 4) is 0 Å². The lowest BCUT2D eigenvalue weighted by atomic mass is 9.77. The summed E-state index contributed by atoms with van der Waals surface area (Å²) in [4.78, 5) is 0. The van der Waals surface area contributed by atoms with Crippen LogP contribution in [0.3, 0.4) is 0 Å². The molecule has 0 bridgehead atoms. The summed E-state index contributed by atoms with van der Waals surface area (Å²) in [6.07, 6.45) is -3.39. The van der Waals surface area contributed by atoms with Crippen LogP contribution in [0, 0.1) is 0 Å². The van der Waals surface area contributed by atoms with E-state index >= 15 is 0 Å². The first-order valence-corrected chi connectivity index (χ1v) is 3.06. The van der Waals surface area contributed by atoms with Crippen LogP contribution in [0.4, 0.5) is 13.2 Å². The number of alkyl halides is 3. The molecule has 1 rings (SSSR count). The number of rotatable bonds is 1. The normalized spacial score (nSPS) is 24.0. The highest BCUT2D eigenvalue weighted by Crippen LogP contribution is 2.44. The van der Waals surface area contributed by atoms with Gasteiger partial charge >= 0.3 is 6.18 Å². The molecule has 0 aliphatic heterocycles. The molecular formula is C5H9F3N2. The molecule has 5 heteroatoms. The van der Waals surface area contributed by atoms with Crippen LogP contribution in [0.15, 0.2) is 0 Å². The predicted octanol–water partition coefficient (Wildman–Crippen LogP) is 0.935. The van der Waals surface area contributed by atoms with E-state index in [-0.39, 0.29) is 12.8 Å². The van der Waals surface area contributed by atoms with Crippen LogP contribution in [0.1, 0.15) is 19.3 Å². The molecule has 3 N–H and O–H groups in total. The number of nitrogens with one attached hydrogen (secondary N) is 1. The largest absolute Gasteiger partial charge is 0.407 e. The van der Waals surface area contributed by atoms with Gasteiger partial charge in [0.15, 0.2) is 0 Å². The zero-order valence-corrected chi connectivity index (χ0v) is 5.33. The summed E-state index contributed by atoms with van der Waals surface area (Å²) in [6.45, 7) is 0. The molecule has 1 saturated carbocycles. The molecule has 2 nitrogen and oxygen atoms in total. The van der Waals surface area contributed by atoms with Crippen LogP contribution in [-0.2, 0) is 0 Å². The summed E-state index contributed by atoms with van der Waals surface area (Å²) < 4.78 is 36.0. The van der Waals surface area contributed by atoms with Gasteiger partial charge in [-0.25, -0.2) is 5.43 Å². The molecule has 0 radical (unpaired) electrons. The van der Waals surface area contributed by atoms with E-state index in [2.05, 4.69) is 0 Å². The SMILES string of the molecule is NNC1(C(F)(F)F)CCC1. The number of hydrazine groups is 1. The molecule has 1 fully saturated rings. The molecule has 0 atom stereocenters. The highest BCUT2D eigenvalue weighted by atomic mass is 19.4. The number of nitrogens with two attached hydrogens (primary N) is 1. The first kappa shape index (κ1) is 7.81. The molecule has 0 unspecified atom stereocenters. The van der Waals surface area contributed by atoms with Crippen molar-refractivity contribution in [1.29, 1.82) is 0 Å². The van der Waals surface area contributed by atoms with E-state index in [4.69, 9.17) is 5.84 Å². The molecule has 60 valence electrons. The maximum atomic E-state index is 12.0. The van der Waals surface area contributed by atoms with Gasteiger partial charge in [-0.2, -0.15) is 13.2 Å². The monoisotopic (exact) mass is 154 g/mol. The summed E-state index contributed by atoms with van der Waals surface area (Å²) in [5, 5.41) is 0. The average molecular weight is 154 g/mol. The van der Waals surface area contributed by atoms with Gasteiger partial charge in [0.2, 0.25) is 0 Å². The third-order valence-corrected chi connectivity index (χ3v) is 2.03. The van der Waals surface area contributed by atoms with E-state index in [1.807, 2.05) is 5.43 Å². The summed E-state index contributed by atoms with van der Waals surface area (Å²) >= 11 is 0. The summed E-state index contributed by atoms with van der Waals surface area (Å²) in [5.74, 6) is 4.78. The molecule has 1 aliphatic rings. The van der Waals surface area contributed by atoms with E-state index in [0.29, 0.717) is 6.42 Å². The molecule has 0 aromatic heterocycles. The second-order valence-electron chi connectivity index (χ2n) is 2.58. The zero-order valence-electron chi connectivity index (χ0n) is 5.33. The Balaban J connectivity index is 2.65. The van der Waals surface area contributed by atoms with Crippen LogP contribution in [0.2, 0.25) is 0 Å². The fourth-order valence-electron chi connectivity index (χ4n) is 1.04. The van der Waals surface area contributed by atoms with Crippen LogP contribution < -0.4 is 11.3 Å². The third-order valence-electron chi connectivity index (χ3n) is 2.03. The van der Waals surface area contributed by atoms with Crippen molar-refractivity contribution in [3.63, 3.8) is 0 Å². The predicted molar refractivity (Wildman–Crippen MR) is 30.0 cm³/mol. The van der Waals surface area contributed by atoms with Crippen molar-refractivity contribution in [2.75, 3.05) is 0 Å².